The fraction of sp³-hybridized carbons (Fsp3) is 0.250. The zero-order valence-corrected chi connectivity index (χ0v) is 20.7. The summed E-state index contributed by atoms with van der Waals surface area (Å²) in [5.41, 5.74) is 8.07. The molecular formula is C28H30N4O3. The summed E-state index contributed by atoms with van der Waals surface area (Å²) in [5.74, 6) is -0.950. The molecule has 180 valence electrons. The zero-order chi connectivity index (χ0) is 25.3. The molecule has 2 heterocycles. The van der Waals surface area contributed by atoms with Crippen LogP contribution in [0.2, 0.25) is 0 Å². The summed E-state index contributed by atoms with van der Waals surface area (Å²) in [7, 11) is 0. The lowest BCUT2D eigenvalue weighted by Crippen LogP contribution is -2.38. The predicted molar refractivity (Wildman–Crippen MR) is 137 cm³/mol. The van der Waals surface area contributed by atoms with Crippen molar-refractivity contribution >= 4 is 29.6 Å². The van der Waals surface area contributed by atoms with E-state index in [4.69, 9.17) is 0 Å². The number of aryl methyl sites for hydroxylation is 4. The van der Waals surface area contributed by atoms with Crippen LogP contribution in [0.15, 0.2) is 54.2 Å². The molecule has 0 aliphatic carbocycles. The van der Waals surface area contributed by atoms with Crippen molar-refractivity contribution < 1.29 is 14.4 Å². The van der Waals surface area contributed by atoms with Crippen molar-refractivity contribution in [1.82, 2.24) is 14.8 Å². The molecule has 1 saturated heterocycles. The molecule has 1 aliphatic rings. The minimum atomic E-state index is -0.608. The molecule has 0 unspecified atom stereocenters. The molecule has 0 radical (unpaired) electrons. The van der Waals surface area contributed by atoms with E-state index in [9.17, 15) is 14.4 Å². The van der Waals surface area contributed by atoms with Crippen molar-refractivity contribution in [3.63, 3.8) is 0 Å². The molecule has 35 heavy (non-hydrogen) atoms. The van der Waals surface area contributed by atoms with E-state index in [1.807, 2.05) is 45.0 Å². The molecular weight excluding hydrogens is 440 g/mol. The van der Waals surface area contributed by atoms with Gasteiger partial charge in [0.25, 0.3) is 5.91 Å². The Bertz CT molecular complexity index is 1370. The molecule has 2 N–H and O–H groups in total. The average molecular weight is 471 g/mol. The number of hydrogen-bond acceptors (Lipinski definition) is 3. The third-order valence-corrected chi connectivity index (χ3v) is 6.46. The first-order valence-corrected chi connectivity index (χ1v) is 11.7. The van der Waals surface area contributed by atoms with E-state index in [0.717, 1.165) is 39.5 Å². The van der Waals surface area contributed by atoms with Crippen LogP contribution in [0.25, 0.3) is 11.8 Å². The Morgan fingerprint density at radius 2 is 1.74 bits per heavy atom. The maximum atomic E-state index is 13.0. The van der Waals surface area contributed by atoms with E-state index in [2.05, 4.69) is 47.2 Å². The number of rotatable bonds is 6. The highest BCUT2D eigenvalue weighted by atomic mass is 16.2. The van der Waals surface area contributed by atoms with E-state index < -0.39 is 17.8 Å². The molecule has 1 fully saturated rings. The van der Waals surface area contributed by atoms with Crippen LogP contribution >= 0.6 is 0 Å². The number of anilines is 1. The van der Waals surface area contributed by atoms with E-state index in [1.54, 1.807) is 12.1 Å². The first-order chi connectivity index (χ1) is 16.7. The smallest absolute Gasteiger partial charge is 0.324 e. The Hall–Kier alpha value is -4.13. The number of carbonyl (C=O) groups is 3. The number of para-hydroxylation sites is 1. The van der Waals surface area contributed by atoms with Crippen LogP contribution in [-0.4, -0.2) is 33.9 Å². The Morgan fingerprint density at radius 3 is 2.46 bits per heavy atom. The molecule has 1 aromatic heterocycles. The van der Waals surface area contributed by atoms with E-state index >= 15 is 0 Å². The fourth-order valence-electron chi connectivity index (χ4n) is 4.35. The van der Waals surface area contributed by atoms with Gasteiger partial charge in [-0.3, -0.25) is 9.59 Å². The summed E-state index contributed by atoms with van der Waals surface area (Å²) in [6, 6.07) is 15.1. The number of carbonyl (C=O) groups excluding carboxylic acids is 3. The van der Waals surface area contributed by atoms with Gasteiger partial charge in [-0.25, -0.2) is 9.69 Å². The van der Waals surface area contributed by atoms with Gasteiger partial charge in [0.2, 0.25) is 5.91 Å². The first kappa shape index (κ1) is 24.0. The van der Waals surface area contributed by atoms with Gasteiger partial charge in [0, 0.05) is 22.8 Å². The highest BCUT2D eigenvalue weighted by Crippen LogP contribution is 2.25. The number of imide groups is 1. The lowest BCUT2D eigenvalue weighted by Gasteiger charge is -2.13. The normalized spacial score (nSPS) is 14.5. The van der Waals surface area contributed by atoms with Crippen LogP contribution in [0.1, 0.15) is 40.6 Å². The van der Waals surface area contributed by atoms with E-state index in [0.29, 0.717) is 5.69 Å². The van der Waals surface area contributed by atoms with Crippen molar-refractivity contribution in [3.05, 3.63) is 87.9 Å². The molecule has 3 aromatic rings. The highest BCUT2D eigenvalue weighted by molar-refractivity contribution is 6.16. The minimum Gasteiger partial charge on any atom is -0.324 e. The molecule has 7 heteroatoms. The van der Waals surface area contributed by atoms with Crippen LogP contribution in [-0.2, 0) is 16.0 Å². The summed E-state index contributed by atoms with van der Waals surface area (Å²) in [4.78, 5) is 39.0. The number of urea groups is 1. The quantitative estimate of drug-likeness (QED) is 0.401. The topological polar surface area (TPSA) is 83.4 Å². The van der Waals surface area contributed by atoms with Crippen molar-refractivity contribution in [2.45, 2.75) is 41.0 Å². The SMILES string of the molecule is CCc1ccccc1NC(=O)CN1C(=O)N/C(=C/c2cc(C)n(-c3ccc(C)c(C)c3)c2C)C1=O. The van der Waals surface area contributed by atoms with Crippen LogP contribution in [0, 0.1) is 27.7 Å². The first-order valence-electron chi connectivity index (χ1n) is 11.7. The van der Waals surface area contributed by atoms with Gasteiger partial charge >= 0.3 is 6.03 Å². The van der Waals surface area contributed by atoms with Gasteiger partial charge < -0.3 is 15.2 Å². The molecule has 4 amide bonds. The zero-order valence-electron chi connectivity index (χ0n) is 20.7. The number of nitrogens with zero attached hydrogens (tertiary/aromatic N) is 2. The molecule has 0 spiro atoms. The van der Waals surface area contributed by atoms with Crippen molar-refractivity contribution in [2.24, 2.45) is 0 Å². The molecule has 4 rings (SSSR count). The summed E-state index contributed by atoms with van der Waals surface area (Å²) in [6.45, 7) is 9.77. The molecule has 7 nitrogen and oxygen atoms in total. The number of nitrogens with one attached hydrogen (secondary N) is 2. The van der Waals surface area contributed by atoms with Crippen LogP contribution in [0.3, 0.4) is 0 Å². The summed E-state index contributed by atoms with van der Waals surface area (Å²) < 4.78 is 2.12. The molecule has 0 bridgehead atoms. The minimum absolute atomic E-state index is 0.150. The lowest BCUT2D eigenvalue weighted by molar-refractivity contribution is -0.127. The standard InChI is InChI=1S/C28H30N4O3/c1-6-21-9-7-8-10-24(21)29-26(33)16-31-27(34)25(30-28(31)35)15-22-14-19(4)32(20(22)5)23-12-11-17(2)18(3)13-23/h7-15H,6,16H2,1-5H3,(H,29,33)(H,30,35)/b25-15+. The number of benzene rings is 2. The average Bonchev–Trinajstić information content (AvgIpc) is 3.25. The number of aromatic nitrogens is 1. The lowest BCUT2D eigenvalue weighted by atomic mass is 10.1. The van der Waals surface area contributed by atoms with Gasteiger partial charge in [-0.05, 0) is 86.7 Å². The maximum absolute atomic E-state index is 13.0. The van der Waals surface area contributed by atoms with Crippen molar-refractivity contribution in [2.75, 3.05) is 11.9 Å². The molecule has 1 aliphatic heterocycles. The summed E-state index contributed by atoms with van der Waals surface area (Å²) in [5, 5.41) is 5.42. The van der Waals surface area contributed by atoms with Crippen LogP contribution < -0.4 is 10.6 Å². The molecule has 2 aromatic carbocycles. The third-order valence-electron chi connectivity index (χ3n) is 6.46. The van der Waals surface area contributed by atoms with E-state index in [1.165, 1.54) is 11.1 Å². The molecule has 0 saturated carbocycles. The Morgan fingerprint density at radius 1 is 1.00 bits per heavy atom. The Balaban J connectivity index is 1.54. The summed E-state index contributed by atoms with van der Waals surface area (Å²) >= 11 is 0. The van der Waals surface area contributed by atoms with Crippen molar-refractivity contribution in [1.29, 1.82) is 0 Å². The fourth-order valence-corrected chi connectivity index (χ4v) is 4.35. The highest BCUT2D eigenvalue weighted by Gasteiger charge is 2.35. The van der Waals surface area contributed by atoms with Gasteiger partial charge in [-0.1, -0.05) is 31.2 Å². The van der Waals surface area contributed by atoms with Gasteiger partial charge in [0.1, 0.15) is 12.2 Å². The van der Waals surface area contributed by atoms with Crippen LogP contribution in [0.5, 0.6) is 0 Å². The molecule has 0 atom stereocenters. The van der Waals surface area contributed by atoms with Crippen LogP contribution in [0.4, 0.5) is 10.5 Å². The maximum Gasteiger partial charge on any atom is 0.329 e. The third kappa shape index (κ3) is 4.75. The van der Waals surface area contributed by atoms with Gasteiger partial charge in [-0.15, -0.1) is 0 Å². The number of hydrogen-bond donors (Lipinski definition) is 2. The second-order valence-electron chi connectivity index (χ2n) is 8.87. The van der Waals surface area contributed by atoms with Gasteiger partial charge in [0.05, 0.1) is 0 Å². The van der Waals surface area contributed by atoms with E-state index in [-0.39, 0.29) is 12.2 Å². The second kappa shape index (κ2) is 9.62. The monoisotopic (exact) mass is 470 g/mol. The van der Waals surface area contributed by atoms with Gasteiger partial charge in [0.15, 0.2) is 0 Å². The Kier molecular flexibility index (Phi) is 6.60. The summed E-state index contributed by atoms with van der Waals surface area (Å²) in [6.07, 6.45) is 2.43. The Labute approximate surface area is 205 Å². The van der Waals surface area contributed by atoms with Crippen molar-refractivity contribution in [3.8, 4) is 5.69 Å². The largest absolute Gasteiger partial charge is 0.329 e. The predicted octanol–water partition coefficient (Wildman–Crippen LogP) is 4.80. The number of amides is 4. The van der Waals surface area contributed by atoms with Gasteiger partial charge in [-0.2, -0.15) is 0 Å². The second-order valence-corrected chi connectivity index (χ2v) is 8.87.